The fourth-order valence-electron chi connectivity index (χ4n) is 5.80. The molecule has 1 heterocycles. The molecular formula is C29H31F4N3O4. The number of hydrogen-bond donors (Lipinski definition) is 1. The lowest BCUT2D eigenvalue weighted by molar-refractivity contribution is -0.187. The molecule has 2 fully saturated rings. The topological polar surface area (TPSA) is 79.0 Å². The normalized spacial score (nSPS) is 21.8. The summed E-state index contributed by atoms with van der Waals surface area (Å²) in [6, 6.07) is 7.90. The summed E-state index contributed by atoms with van der Waals surface area (Å²) in [7, 11) is 0. The minimum Gasteiger partial charge on any atom is -0.385 e. The first-order valence-corrected chi connectivity index (χ1v) is 13.4. The second-order valence-electron chi connectivity index (χ2n) is 10.8. The third kappa shape index (κ3) is 5.31. The highest BCUT2D eigenvalue weighted by molar-refractivity contribution is 6.15. The number of anilines is 1. The molecular weight excluding hydrogens is 530 g/mol. The summed E-state index contributed by atoms with van der Waals surface area (Å²) in [5.41, 5.74) is 0.271. The maximum atomic E-state index is 13.6. The molecule has 5 rings (SSSR count). The zero-order chi connectivity index (χ0) is 28.7. The molecule has 1 saturated heterocycles. The largest absolute Gasteiger partial charge is 0.408 e. The third-order valence-electron chi connectivity index (χ3n) is 8.18. The van der Waals surface area contributed by atoms with Gasteiger partial charge in [-0.2, -0.15) is 13.2 Å². The van der Waals surface area contributed by atoms with E-state index in [4.69, 9.17) is 4.74 Å². The van der Waals surface area contributed by atoms with Crippen LogP contribution < -0.4 is 5.32 Å². The zero-order valence-electron chi connectivity index (χ0n) is 22.1. The van der Waals surface area contributed by atoms with Crippen LogP contribution in [0.4, 0.5) is 23.2 Å². The number of nitrogens with one attached hydrogen (secondary N) is 1. The number of halogens is 4. The Bertz CT molecular complexity index is 1290. The molecule has 40 heavy (non-hydrogen) atoms. The summed E-state index contributed by atoms with van der Waals surface area (Å²) in [4.78, 5) is 41.4. The van der Waals surface area contributed by atoms with Crippen molar-refractivity contribution in [3.05, 3.63) is 65.0 Å². The molecule has 2 amide bonds. The molecule has 2 atom stereocenters. The third-order valence-corrected chi connectivity index (χ3v) is 8.18. The minimum absolute atomic E-state index is 0.0242. The van der Waals surface area contributed by atoms with E-state index in [2.05, 4.69) is 5.32 Å². The van der Waals surface area contributed by atoms with E-state index in [1.165, 1.54) is 37.8 Å². The molecule has 2 aromatic rings. The van der Waals surface area contributed by atoms with Crippen molar-refractivity contribution in [3.8, 4) is 0 Å². The van der Waals surface area contributed by atoms with Gasteiger partial charge in [0.1, 0.15) is 25.1 Å². The standard InChI is InChI=1S/C29H31F4N3O4/c1-18(29(31,32)33)36(15-20-6-8-22(30)9-7-20)26(38)16-35-17-40-28(27(35)39)24-11-10-23(12-21(24)13-25(28)37)34-14-19-4-2-3-5-19/h6-12,18-19,34H,2-5,13-17H2,1H3/t18-,28+/m0/s1. The average molecular weight is 562 g/mol. The zero-order valence-corrected chi connectivity index (χ0v) is 22.1. The van der Waals surface area contributed by atoms with Gasteiger partial charge in [0.25, 0.3) is 5.91 Å². The summed E-state index contributed by atoms with van der Waals surface area (Å²) in [5.74, 6) is -2.16. The van der Waals surface area contributed by atoms with E-state index in [-0.39, 0.29) is 6.42 Å². The monoisotopic (exact) mass is 561 g/mol. The molecule has 1 N–H and O–H groups in total. The van der Waals surface area contributed by atoms with Crippen molar-refractivity contribution in [1.29, 1.82) is 0 Å². The van der Waals surface area contributed by atoms with Gasteiger partial charge in [0, 0.05) is 30.8 Å². The Morgan fingerprint density at radius 3 is 2.52 bits per heavy atom. The predicted molar refractivity (Wildman–Crippen MR) is 137 cm³/mol. The van der Waals surface area contributed by atoms with Gasteiger partial charge < -0.3 is 19.9 Å². The Kier molecular flexibility index (Phi) is 7.60. The first kappa shape index (κ1) is 28.1. The first-order chi connectivity index (χ1) is 19.0. The Morgan fingerprint density at radius 2 is 1.85 bits per heavy atom. The van der Waals surface area contributed by atoms with Crippen molar-refractivity contribution in [3.63, 3.8) is 0 Å². The number of ether oxygens (including phenoxy) is 1. The van der Waals surface area contributed by atoms with Gasteiger partial charge in [-0.15, -0.1) is 0 Å². The maximum Gasteiger partial charge on any atom is 0.408 e. The number of benzene rings is 2. The quantitative estimate of drug-likeness (QED) is 0.378. The molecule has 2 aromatic carbocycles. The van der Waals surface area contributed by atoms with Gasteiger partial charge in [-0.1, -0.05) is 31.0 Å². The van der Waals surface area contributed by atoms with Crippen molar-refractivity contribution in [2.24, 2.45) is 5.92 Å². The lowest BCUT2D eigenvalue weighted by Gasteiger charge is -2.32. The number of ketones is 1. The number of carbonyl (C=O) groups excluding carboxylic acids is 3. The van der Waals surface area contributed by atoms with Crippen molar-refractivity contribution in [2.75, 3.05) is 25.1 Å². The van der Waals surface area contributed by atoms with E-state index in [0.717, 1.165) is 36.2 Å². The first-order valence-electron chi connectivity index (χ1n) is 13.4. The number of amides is 2. The fraction of sp³-hybridized carbons (Fsp3) is 0.483. The summed E-state index contributed by atoms with van der Waals surface area (Å²) >= 11 is 0. The van der Waals surface area contributed by atoms with Crippen LogP contribution in [0.1, 0.15) is 49.3 Å². The van der Waals surface area contributed by atoms with Crippen LogP contribution in [0.5, 0.6) is 0 Å². The van der Waals surface area contributed by atoms with Crippen molar-refractivity contribution in [2.45, 2.75) is 63.4 Å². The van der Waals surface area contributed by atoms with Crippen LogP contribution in [-0.2, 0) is 37.7 Å². The number of carbonyl (C=O) groups is 3. The van der Waals surface area contributed by atoms with E-state index >= 15 is 0 Å². The maximum absolute atomic E-state index is 13.6. The number of hydrogen-bond acceptors (Lipinski definition) is 5. The minimum atomic E-state index is -4.73. The molecule has 1 spiro atoms. The van der Waals surface area contributed by atoms with E-state index in [1.54, 1.807) is 12.1 Å². The van der Waals surface area contributed by atoms with Gasteiger partial charge >= 0.3 is 6.18 Å². The molecule has 3 aliphatic rings. The molecule has 1 aliphatic heterocycles. The van der Waals surface area contributed by atoms with Gasteiger partial charge in [0.15, 0.2) is 5.78 Å². The van der Waals surface area contributed by atoms with Crippen LogP contribution >= 0.6 is 0 Å². The lowest BCUT2D eigenvalue weighted by atomic mass is 9.94. The number of fused-ring (bicyclic) bond motifs is 2. The van der Waals surface area contributed by atoms with Crippen LogP contribution in [0.3, 0.4) is 0 Å². The van der Waals surface area contributed by atoms with Gasteiger partial charge in [0.05, 0.1) is 0 Å². The smallest absolute Gasteiger partial charge is 0.385 e. The molecule has 11 heteroatoms. The second-order valence-corrected chi connectivity index (χ2v) is 10.8. The summed E-state index contributed by atoms with van der Waals surface area (Å²) < 4.78 is 60.0. The Morgan fingerprint density at radius 1 is 1.15 bits per heavy atom. The van der Waals surface area contributed by atoms with Crippen LogP contribution in [-0.4, -0.2) is 59.4 Å². The molecule has 2 aliphatic carbocycles. The Hall–Kier alpha value is -3.47. The van der Waals surface area contributed by atoms with E-state index in [1.807, 2.05) is 6.07 Å². The number of alkyl halides is 3. The number of Topliss-reactive ketones (excluding diaryl/α,β-unsaturated/α-hetero) is 1. The average Bonchev–Trinajstić information content (AvgIpc) is 3.61. The molecule has 0 aromatic heterocycles. The second kappa shape index (κ2) is 10.8. The molecule has 0 unspecified atom stereocenters. The van der Waals surface area contributed by atoms with Gasteiger partial charge in [-0.3, -0.25) is 14.4 Å². The van der Waals surface area contributed by atoms with E-state index in [9.17, 15) is 31.9 Å². The molecule has 7 nitrogen and oxygen atoms in total. The highest BCUT2D eigenvalue weighted by atomic mass is 19.4. The molecule has 0 bridgehead atoms. The molecule has 0 radical (unpaired) electrons. The predicted octanol–water partition coefficient (Wildman–Crippen LogP) is 4.54. The SMILES string of the molecule is C[C@H](N(Cc1ccc(F)cc1)C(=O)CN1CO[C@]2(C(=O)Cc3cc(NCC4CCCC4)ccc32)C1=O)C(F)(F)F. The van der Waals surface area contributed by atoms with Crippen LogP contribution in [0.15, 0.2) is 42.5 Å². The van der Waals surface area contributed by atoms with Crippen molar-refractivity contribution < 1.29 is 36.7 Å². The fourth-order valence-corrected chi connectivity index (χ4v) is 5.80. The van der Waals surface area contributed by atoms with Gasteiger partial charge in [0.2, 0.25) is 11.5 Å². The highest BCUT2D eigenvalue weighted by Gasteiger charge is 2.59. The summed E-state index contributed by atoms with van der Waals surface area (Å²) in [6.07, 6.45) is 0.0607. The van der Waals surface area contributed by atoms with Crippen LogP contribution in [0, 0.1) is 11.7 Å². The molecule has 214 valence electrons. The summed E-state index contributed by atoms with van der Waals surface area (Å²) in [6.45, 7) is 0.120. The lowest BCUT2D eigenvalue weighted by Crippen LogP contribution is -2.51. The van der Waals surface area contributed by atoms with E-state index < -0.39 is 61.1 Å². The highest BCUT2D eigenvalue weighted by Crippen LogP contribution is 2.43. The Balaban J connectivity index is 1.31. The van der Waals surface area contributed by atoms with Crippen molar-refractivity contribution >= 4 is 23.3 Å². The van der Waals surface area contributed by atoms with Gasteiger partial charge in [-0.25, -0.2) is 4.39 Å². The number of nitrogens with zero attached hydrogens (tertiary/aromatic N) is 2. The van der Waals surface area contributed by atoms with E-state index in [0.29, 0.717) is 27.5 Å². The number of rotatable bonds is 8. The van der Waals surface area contributed by atoms with Crippen molar-refractivity contribution in [1.82, 2.24) is 9.80 Å². The van der Waals surface area contributed by atoms with Crippen LogP contribution in [0.2, 0.25) is 0 Å². The van der Waals surface area contributed by atoms with Gasteiger partial charge in [-0.05, 0) is 61.1 Å². The van der Waals surface area contributed by atoms with Crippen LogP contribution in [0.25, 0.3) is 0 Å². The summed E-state index contributed by atoms with van der Waals surface area (Å²) in [5, 5.41) is 3.40. The Labute approximate surface area is 229 Å². The molecule has 1 saturated carbocycles.